The van der Waals surface area contributed by atoms with Crippen molar-refractivity contribution in [2.24, 2.45) is 0 Å². The van der Waals surface area contributed by atoms with Crippen molar-refractivity contribution in [3.8, 4) is 0 Å². The van der Waals surface area contributed by atoms with Gasteiger partial charge in [0, 0.05) is 20.2 Å². The number of ether oxygens (including phenoxy) is 2. The molecule has 2 amide bonds. The Kier molecular flexibility index (Phi) is 9.10. The Balaban J connectivity index is 4.82. The monoisotopic (exact) mass is 290 g/mol. The fourth-order valence-corrected chi connectivity index (χ4v) is 1.54. The zero-order chi connectivity index (χ0) is 15.5. The summed E-state index contributed by atoms with van der Waals surface area (Å²) < 4.78 is 9.38. The second-order valence-corrected chi connectivity index (χ2v) is 4.09. The van der Waals surface area contributed by atoms with E-state index >= 15 is 0 Å². The third kappa shape index (κ3) is 6.93. The smallest absolute Gasteiger partial charge is 0.325 e. The number of rotatable bonds is 9. The molecule has 0 saturated carbocycles. The Labute approximate surface area is 118 Å². The first-order valence-electron chi connectivity index (χ1n) is 6.27. The number of methoxy groups -OCH3 is 2. The number of carbonyl (C=O) groups is 3. The van der Waals surface area contributed by atoms with E-state index in [4.69, 9.17) is 9.84 Å². The van der Waals surface area contributed by atoms with Gasteiger partial charge >= 0.3 is 18.0 Å². The molecular formula is C12H22N2O6. The lowest BCUT2D eigenvalue weighted by atomic mass is 10.4. The lowest BCUT2D eigenvalue weighted by Gasteiger charge is -2.28. The summed E-state index contributed by atoms with van der Waals surface area (Å²) in [6, 6.07) is -0.517. The highest BCUT2D eigenvalue weighted by Crippen LogP contribution is 2.02. The molecule has 0 aliphatic heterocycles. The van der Waals surface area contributed by atoms with Gasteiger partial charge in [-0.3, -0.25) is 9.59 Å². The van der Waals surface area contributed by atoms with Gasteiger partial charge in [-0.2, -0.15) is 0 Å². The summed E-state index contributed by atoms with van der Waals surface area (Å²) in [6.07, 6.45) is 0.647. The first kappa shape index (κ1) is 18.2. The van der Waals surface area contributed by atoms with Crippen LogP contribution in [-0.4, -0.2) is 79.9 Å². The molecule has 0 bridgehead atoms. The van der Waals surface area contributed by atoms with E-state index in [1.54, 1.807) is 0 Å². The molecule has 0 atom stereocenters. The second-order valence-electron chi connectivity index (χ2n) is 4.09. The molecular weight excluding hydrogens is 268 g/mol. The summed E-state index contributed by atoms with van der Waals surface area (Å²) in [6.45, 7) is 1.92. The van der Waals surface area contributed by atoms with E-state index in [0.29, 0.717) is 13.0 Å². The van der Waals surface area contributed by atoms with E-state index in [0.717, 1.165) is 4.90 Å². The molecule has 0 aromatic heterocycles. The van der Waals surface area contributed by atoms with E-state index in [1.807, 2.05) is 6.92 Å². The maximum Gasteiger partial charge on any atom is 0.325 e. The number of aliphatic carboxylic acids is 1. The van der Waals surface area contributed by atoms with Crippen LogP contribution in [0.3, 0.4) is 0 Å². The predicted molar refractivity (Wildman–Crippen MR) is 70.4 cm³/mol. The van der Waals surface area contributed by atoms with Gasteiger partial charge in [-0.15, -0.1) is 0 Å². The zero-order valence-corrected chi connectivity index (χ0v) is 12.1. The average Bonchev–Trinajstić information content (AvgIpc) is 2.41. The van der Waals surface area contributed by atoms with Crippen molar-refractivity contribution >= 4 is 18.0 Å². The Bertz CT molecular complexity index is 330. The van der Waals surface area contributed by atoms with Gasteiger partial charge in [0.1, 0.15) is 13.1 Å². The van der Waals surface area contributed by atoms with Crippen LogP contribution in [0.15, 0.2) is 0 Å². The largest absolute Gasteiger partial charge is 0.480 e. The maximum atomic E-state index is 12.3. The summed E-state index contributed by atoms with van der Waals surface area (Å²) in [4.78, 5) is 36.7. The molecule has 0 radical (unpaired) electrons. The van der Waals surface area contributed by atoms with E-state index < -0.39 is 24.5 Å². The van der Waals surface area contributed by atoms with Crippen molar-refractivity contribution in [1.29, 1.82) is 0 Å². The fraction of sp³-hybridized carbons (Fsp3) is 0.750. The lowest BCUT2D eigenvalue weighted by molar-refractivity contribution is -0.141. The summed E-state index contributed by atoms with van der Waals surface area (Å²) >= 11 is 0. The number of carbonyl (C=O) groups excluding carboxylic acids is 2. The number of esters is 1. The van der Waals surface area contributed by atoms with Crippen LogP contribution >= 0.6 is 0 Å². The number of urea groups is 1. The molecule has 0 saturated heterocycles. The van der Waals surface area contributed by atoms with Crippen LogP contribution in [0.5, 0.6) is 0 Å². The van der Waals surface area contributed by atoms with Gasteiger partial charge in [-0.05, 0) is 6.42 Å². The molecule has 0 spiro atoms. The summed E-state index contributed by atoms with van der Waals surface area (Å²) in [5.74, 6) is -1.67. The Hall–Kier alpha value is -1.83. The van der Waals surface area contributed by atoms with Crippen LogP contribution in [0.2, 0.25) is 0 Å². The third-order valence-electron chi connectivity index (χ3n) is 2.47. The Morgan fingerprint density at radius 2 is 1.65 bits per heavy atom. The minimum atomic E-state index is -1.12. The van der Waals surface area contributed by atoms with Gasteiger partial charge in [0.2, 0.25) is 0 Å². The topological polar surface area (TPSA) is 96.4 Å². The second kappa shape index (κ2) is 10.0. The molecule has 8 nitrogen and oxygen atoms in total. The van der Waals surface area contributed by atoms with Gasteiger partial charge in [0.15, 0.2) is 0 Å². The quantitative estimate of drug-likeness (QED) is 0.602. The normalized spacial score (nSPS) is 9.95. The highest BCUT2D eigenvalue weighted by atomic mass is 16.5. The third-order valence-corrected chi connectivity index (χ3v) is 2.47. The van der Waals surface area contributed by atoms with Crippen molar-refractivity contribution in [3.05, 3.63) is 0 Å². The molecule has 116 valence electrons. The first-order chi connectivity index (χ1) is 9.46. The summed E-state index contributed by atoms with van der Waals surface area (Å²) in [5, 5.41) is 8.83. The molecule has 20 heavy (non-hydrogen) atoms. The first-order valence-corrected chi connectivity index (χ1v) is 6.27. The predicted octanol–water partition coefficient (Wildman–Crippen LogP) is 0.0244. The van der Waals surface area contributed by atoms with Crippen molar-refractivity contribution < 1.29 is 29.0 Å². The number of hydrogen-bond acceptors (Lipinski definition) is 5. The number of carboxylic acids is 1. The number of carboxylic acid groups (broad SMARTS) is 1. The Morgan fingerprint density at radius 1 is 1.05 bits per heavy atom. The van der Waals surface area contributed by atoms with Crippen LogP contribution in [-0.2, 0) is 19.1 Å². The molecule has 0 heterocycles. The Morgan fingerprint density at radius 3 is 2.10 bits per heavy atom. The molecule has 1 N–H and O–H groups in total. The highest BCUT2D eigenvalue weighted by Gasteiger charge is 2.24. The number of hydrogen-bond donors (Lipinski definition) is 1. The van der Waals surface area contributed by atoms with Crippen LogP contribution < -0.4 is 0 Å². The van der Waals surface area contributed by atoms with Gasteiger partial charge in [0.25, 0.3) is 0 Å². The minimum Gasteiger partial charge on any atom is -0.480 e. The van der Waals surface area contributed by atoms with E-state index in [9.17, 15) is 14.4 Å². The van der Waals surface area contributed by atoms with Crippen molar-refractivity contribution in [2.45, 2.75) is 13.3 Å². The number of nitrogens with zero attached hydrogens (tertiary/aromatic N) is 2. The molecule has 0 fully saturated rings. The van der Waals surface area contributed by atoms with E-state index in [2.05, 4.69) is 4.74 Å². The number of amides is 2. The van der Waals surface area contributed by atoms with Crippen LogP contribution in [0.25, 0.3) is 0 Å². The van der Waals surface area contributed by atoms with Crippen molar-refractivity contribution in [2.75, 3.05) is 47.0 Å². The zero-order valence-electron chi connectivity index (χ0n) is 12.1. The van der Waals surface area contributed by atoms with Crippen LogP contribution in [0.4, 0.5) is 4.79 Å². The van der Waals surface area contributed by atoms with E-state index in [-0.39, 0.29) is 19.7 Å². The molecule has 0 aromatic carbocycles. The van der Waals surface area contributed by atoms with Crippen LogP contribution in [0, 0.1) is 0 Å². The van der Waals surface area contributed by atoms with Gasteiger partial charge in [-0.25, -0.2) is 4.79 Å². The van der Waals surface area contributed by atoms with Gasteiger partial charge in [0.05, 0.1) is 13.7 Å². The molecule has 0 aliphatic carbocycles. The highest BCUT2D eigenvalue weighted by molar-refractivity contribution is 5.83. The van der Waals surface area contributed by atoms with Gasteiger partial charge < -0.3 is 24.4 Å². The van der Waals surface area contributed by atoms with Crippen LogP contribution in [0.1, 0.15) is 13.3 Å². The lowest BCUT2D eigenvalue weighted by Crippen LogP contribution is -2.48. The van der Waals surface area contributed by atoms with E-state index in [1.165, 1.54) is 19.1 Å². The average molecular weight is 290 g/mol. The molecule has 8 heteroatoms. The standard InChI is InChI=1S/C12H22N2O6/c1-4-5-13(9-11(17)20-3)12(18)14(6-7-19-2)8-10(15)16/h4-9H2,1-3H3,(H,15,16). The molecule has 0 aromatic rings. The van der Waals surface area contributed by atoms with Crippen molar-refractivity contribution in [3.63, 3.8) is 0 Å². The summed E-state index contributed by atoms with van der Waals surface area (Å²) in [7, 11) is 2.69. The molecule has 0 aliphatic rings. The fourth-order valence-electron chi connectivity index (χ4n) is 1.54. The summed E-state index contributed by atoms with van der Waals surface area (Å²) in [5.41, 5.74) is 0. The van der Waals surface area contributed by atoms with Gasteiger partial charge in [-0.1, -0.05) is 6.92 Å². The SMILES string of the molecule is CCCN(CC(=O)OC)C(=O)N(CCOC)CC(=O)O. The molecule has 0 rings (SSSR count). The molecule has 0 unspecified atom stereocenters. The minimum absolute atomic E-state index is 0.142. The maximum absolute atomic E-state index is 12.3. The van der Waals surface area contributed by atoms with Crippen molar-refractivity contribution in [1.82, 2.24) is 9.80 Å².